The molecule has 0 saturated heterocycles. The number of nitrogens with one attached hydrogen (secondary N) is 1. The van der Waals surface area contributed by atoms with Gasteiger partial charge in [-0.15, -0.1) is 11.3 Å². The van der Waals surface area contributed by atoms with E-state index in [9.17, 15) is 8.42 Å². The zero-order chi connectivity index (χ0) is 16.4. The van der Waals surface area contributed by atoms with Crippen molar-refractivity contribution in [3.8, 4) is 0 Å². The highest BCUT2D eigenvalue weighted by molar-refractivity contribution is 7.92. The number of rotatable bonds is 5. The third kappa shape index (κ3) is 3.84. The molecule has 5 nitrogen and oxygen atoms in total. The predicted molar refractivity (Wildman–Crippen MR) is 95.8 cm³/mol. The third-order valence-corrected chi connectivity index (χ3v) is 5.53. The average molecular weight is 351 g/mol. The van der Waals surface area contributed by atoms with Crippen molar-refractivity contribution < 1.29 is 8.42 Å². The first-order valence-corrected chi connectivity index (χ1v) is 10.5. The quantitative estimate of drug-likeness (QED) is 0.899. The van der Waals surface area contributed by atoms with Crippen LogP contribution < -0.4 is 9.62 Å². The van der Waals surface area contributed by atoms with Gasteiger partial charge in [-0.1, -0.05) is 13.0 Å². The minimum absolute atomic E-state index is 0.697. The molecule has 0 radical (unpaired) electrons. The Bertz CT molecular complexity index is 799. The van der Waals surface area contributed by atoms with E-state index in [1.165, 1.54) is 6.26 Å². The maximum absolute atomic E-state index is 11.6. The Labute approximate surface area is 141 Å². The van der Waals surface area contributed by atoms with Crippen LogP contribution in [0.2, 0.25) is 0 Å². The van der Waals surface area contributed by atoms with Crippen molar-refractivity contribution in [3.63, 3.8) is 0 Å². The van der Waals surface area contributed by atoms with Crippen LogP contribution in [0.3, 0.4) is 0 Å². The Morgan fingerprint density at radius 3 is 2.91 bits per heavy atom. The van der Waals surface area contributed by atoms with Crippen LogP contribution in [0, 0.1) is 0 Å². The van der Waals surface area contributed by atoms with Crippen molar-refractivity contribution in [2.75, 3.05) is 22.4 Å². The molecular weight excluding hydrogens is 330 g/mol. The molecular formula is C16H21N3O2S2. The van der Waals surface area contributed by atoms with Crippen molar-refractivity contribution >= 4 is 32.7 Å². The minimum Gasteiger partial charge on any atom is -0.365 e. The molecule has 7 heteroatoms. The van der Waals surface area contributed by atoms with Crippen LogP contribution in [0.15, 0.2) is 23.6 Å². The van der Waals surface area contributed by atoms with Gasteiger partial charge in [0.2, 0.25) is 10.0 Å². The molecule has 1 aliphatic heterocycles. The average Bonchev–Trinajstić information content (AvgIpc) is 2.94. The Morgan fingerprint density at radius 2 is 2.22 bits per heavy atom. The number of aromatic nitrogens is 1. The van der Waals surface area contributed by atoms with Gasteiger partial charge in [-0.05, 0) is 37.0 Å². The summed E-state index contributed by atoms with van der Waals surface area (Å²) in [6.07, 6.45) is 4.06. The fraction of sp³-hybridized carbons (Fsp3) is 0.438. The summed E-state index contributed by atoms with van der Waals surface area (Å²) in [4.78, 5) is 6.94. The molecule has 1 aromatic heterocycles. The van der Waals surface area contributed by atoms with Crippen molar-refractivity contribution in [2.24, 2.45) is 0 Å². The van der Waals surface area contributed by atoms with E-state index >= 15 is 0 Å². The van der Waals surface area contributed by atoms with Gasteiger partial charge < -0.3 is 4.90 Å². The maximum atomic E-state index is 11.6. The first-order chi connectivity index (χ1) is 11.0. The Morgan fingerprint density at radius 1 is 1.39 bits per heavy atom. The van der Waals surface area contributed by atoms with E-state index in [0.29, 0.717) is 5.69 Å². The molecule has 0 atom stereocenters. The molecule has 2 heterocycles. The zero-order valence-electron chi connectivity index (χ0n) is 13.4. The van der Waals surface area contributed by atoms with Gasteiger partial charge in [-0.3, -0.25) is 4.72 Å². The summed E-state index contributed by atoms with van der Waals surface area (Å²) < 4.78 is 25.8. The number of sulfonamides is 1. The van der Waals surface area contributed by atoms with Gasteiger partial charge in [-0.2, -0.15) is 0 Å². The summed E-state index contributed by atoms with van der Waals surface area (Å²) in [5.74, 6) is 0. The maximum Gasteiger partial charge on any atom is 0.229 e. The molecule has 2 aromatic rings. The first-order valence-electron chi connectivity index (χ1n) is 7.74. The number of anilines is 2. The highest BCUT2D eigenvalue weighted by atomic mass is 32.2. The van der Waals surface area contributed by atoms with E-state index in [1.54, 1.807) is 11.3 Å². The third-order valence-electron chi connectivity index (χ3n) is 3.90. The summed E-state index contributed by atoms with van der Waals surface area (Å²) in [6.45, 7) is 3.85. The molecule has 0 unspecified atom stereocenters. The lowest BCUT2D eigenvalue weighted by atomic mass is 10.00. The second-order valence-corrected chi connectivity index (χ2v) is 8.48. The van der Waals surface area contributed by atoms with Gasteiger partial charge in [0.05, 0.1) is 29.2 Å². The molecule has 0 spiro atoms. The van der Waals surface area contributed by atoms with Crippen molar-refractivity contribution in [2.45, 2.75) is 32.7 Å². The number of hydrogen-bond acceptors (Lipinski definition) is 5. The van der Waals surface area contributed by atoms with Crippen molar-refractivity contribution in [3.05, 3.63) is 39.8 Å². The van der Waals surface area contributed by atoms with E-state index in [2.05, 4.69) is 33.0 Å². The number of benzene rings is 1. The van der Waals surface area contributed by atoms with Crippen LogP contribution in [0.1, 0.15) is 29.6 Å². The summed E-state index contributed by atoms with van der Waals surface area (Å²) in [7, 11) is -3.27. The topological polar surface area (TPSA) is 62.3 Å². The molecule has 1 aliphatic rings. The molecule has 0 aliphatic carbocycles. The van der Waals surface area contributed by atoms with Crippen LogP contribution in [0.4, 0.5) is 11.4 Å². The lowest BCUT2D eigenvalue weighted by molar-refractivity contribution is 0.606. The van der Waals surface area contributed by atoms with Crippen LogP contribution in [-0.4, -0.2) is 26.2 Å². The SMILES string of the molecule is CCc1nc(CN2CCCc3c(NS(C)(=O)=O)cccc32)cs1. The lowest BCUT2D eigenvalue weighted by Gasteiger charge is -2.32. The number of aryl methyl sites for hydroxylation is 1. The van der Waals surface area contributed by atoms with Gasteiger partial charge in [-0.25, -0.2) is 13.4 Å². The van der Waals surface area contributed by atoms with Crippen LogP contribution in [-0.2, 0) is 29.4 Å². The van der Waals surface area contributed by atoms with Gasteiger partial charge in [0, 0.05) is 17.6 Å². The summed E-state index contributed by atoms with van der Waals surface area (Å²) in [5, 5.41) is 3.27. The fourth-order valence-corrected chi connectivity index (χ4v) is 4.27. The lowest BCUT2D eigenvalue weighted by Crippen LogP contribution is -2.29. The molecule has 0 fully saturated rings. The number of fused-ring (bicyclic) bond motifs is 1. The second kappa shape index (κ2) is 6.49. The van der Waals surface area contributed by atoms with Crippen LogP contribution >= 0.6 is 11.3 Å². The van der Waals surface area contributed by atoms with Gasteiger partial charge in [0.15, 0.2) is 0 Å². The van der Waals surface area contributed by atoms with Crippen molar-refractivity contribution in [1.82, 2.24) is 4.98 Å². The fourth-order valence-electron chi connectivity index (χ4n) is 2.94. The first kappa shape index (κ1) is 16.3. The smallest absolute Gasteiger partial charge is 0.229 e. The molecule has 1 aromatic carbocycles. The number of hydrogen-bond donors (Lipinski definition) is 1. The predicted octanol–water partition coefficient (Wildman–Crippen LogP) is 3.03. The molecule has 0 amide bonds. The summed E-state index contributed by atoms with van der Waals surface area (Å²) in [5.41, 5.74) is 3.97. The van der Waals surface area contributed by atoms with Crippen LogP contribution in [0.25, 0.3) is 0 Å². The number of nitrogens with zero attached hydrogens (tertiary/aromatic N) is 2. The summed E-state index contributed by atoms with van der Waals surface area (Å²) in [6, 6.07) is 5.81. The van der Waals surface area contributed by atoms with E-state index in [0.717, 1.165) is 54.3 Å². The van der Waals surface area contributed by atoms with E-state index in [4.69, 9.17) is 0 Å². The van der Waals surface area contributed by atoms with Crippen LogP contribution in [0.5, 0.6) is 0 Å². The molecule has 3 rings (SSSR count). The molecule has 1 N–H and O–H groups in total. The Kier molecular flexibility index (Phi) is 4.59. The highest BCUT2D eigenvalue weighted by Crippen LogP contribution is 2.34. The largest absolute Gasteiger partial charge is 0.365 e. The highest BCUT2D eigenvalue weighted by Gasteiger charge is 2.21. The van der Waals surface area contributed by atoms with Gasteiger partial charge >= 0.3 is 0 Å². The Balaban J connectivity index is 1.88. The molecule has 23 heavy (non-hydrogen) atoms. The minimum atomic E-state index is -3.27. The zero-order valence-corrected chi connectivity index (χ0v) is 15.0. The molecule has 0 saturated carbocycles. The van der Waals surface area contributed by atoms with E-state index < -0.39 is 10.0 Å². The number of thiazole rings is 1. The van der Waals surface area contributed by atoms with Gasteiger partial charge in [0.1, 0.15) is 0 Å². The Hall–Kier alpha value is -1.60. The second-order valence-electron chi connectivity index (χ2n) is 5.79. The normalized spacial score (nSPS) is 14.6. The molecule has 0 bridgehead atoms. The standard InChI is InChI=1S/C16H21N3O2S2/c1-3-16-17-12(11-22-16)10-19-9-5-6-13-14(18-23(2,20)21)7-4-8-15(13)19/h4,7-8,11,18H,3,5-6,9-10H2,1-2H3. The van der Waals surface area contributed by atoms with Gasteiger partial charge in [0.25, 0.3) is 0 Å². The summed E-state index contributed by atoms with van der Waals surface area (Å²) >= 11 is 1.70. The van der Waals surface area contributed by atoms with E-state index in [-0.39, 0.29) is 0 Å². The van der Waals surface area contributed by atoms with E-state index in [1.807, 2.05) is 12.1 Å². The monoisotopic (exact) mass is 351 g/mol. The van der Waals surface area contributed by atoms with Crippen molar-refractivity contribution in [1.29, 1.82) is 0 Å². The molecule has 124 valence electrons.